The lowest BCUT2D eigenvalue weighted by Gasteiger charge is -2.04. The largest absolute Gasteiger partial charge is 0.298 e. The fraction of sp³-hybridized carbons (Fsp3) is 0. The lowest BCUT2D eigenvalue weighted by Crippen LogP contribution is -1.84. The third-order valence-corrected chi connectivity index (χ3v) is 2.97. The maximum absolute atomic E-state index is 10.7. The molecule has 0 radical (unpaired) electrons. The Morgan fingerprint density at radius 1 is 0.933 bits per heavy atom. The van der Waals surface area contributed by atoms with E-state index in [1.54, 1.807) is 24.3 Å². The molecule has 15 heavy (non-hydrogen) atoms. The summed E-state index contributed by atoms with van der Waals surface area (Å²) in [6, 6.07) is 6.72. The Hall–Kier alpha value is -0.760. The maximum Gasteiger partial charge on any atom is 0.151 e. The van der Waals surface area contributed by atoms with Crippen LogP contribution in [0.1, 0.15) is 10.4 Å². The Balaban J connectivity index is 2.87. The summed E-state index contributed by atoms with van der Waals surface area (Å²) >= 11 is 17.7. The predicted molar refractivity (Wildman–Crippen MR) is 64.4 cm³/mol. The molecule has 0 bridgehead atoms. The van der Waals surface area contributed by atoms with Crippen LogP contribution in [-0.2, 0) is 0 Å². The normalized spacial score (nSPS) is 10.6. The molecule has 0 aromatic heterocycles. The van der Waals surface area contributed by atoms with Crippen LogP contribution in [0.5, 0.6) is 0 Å². The fourth-order valence-electron chi connectivity index (χ4n) is 1.41. The first-order chi connectivity index (χ1) is 7.11. The van der Waals surface area contributed by atoms with Crippen LogP contribution >= 0.6 is 34.8 Å². The summed E-state index contributed by atoms with van der Waals surface area (Å²) < 4.78 is 0. The molecule has 0 aliphatic carbocycles. The van der Waals surface area contributed by atoms with Crippen molar-refractivity contribution in [2.24, 2.45) is 0 Å². The van der Waals surface area contributed by atoms with E-state index in [0.717, 1.165) is 10.8 Å². The van der Waals surface area contributed by atoms with E-state index >= 15 is 0 Å². The highest BCUT2D eigenvalue weighted by Crippen LogP contribution is 2.31. The number of aldehydes is 1. The zero-order chi connectivity index (χ0) is 11.0. The lowest BCUT2D eigenvalue weighted by molar-refractivity contribution is 0.112. The zero-order valence-corrected chi connectivity index (χ0v) is 9.70. The van der Waals surface area contributed by atoms with Gasteiger partial charge in [0, 0.05) is 21.0 Å². The van der Waals surface area contributed by atoms with Gasteiger partial charge in [-0.1, -0.05) is 34.8 Å². The van der Waals surface area contributed by atoms with E-state index in [1.165, 1.54) is 0 Å². The van der Waals surface area contributed by atoms with Crippen molar-refractivity contribution in [2.45, 2.75) is 0 Å². The monoisotopic (exact) mass is 258 g/mol. The first-order valence-electron chi connectivity index (χ1n) is 4.15. The molecule has 0 heterocycles. The number of hydrogen-bond acceptors (Lipinski definition) is 1. The number of halogens is 3. The molecule has 0 aliphatic rings. The van der Waals surface area contributed by atoms with Crippen molar-refractivity contribution in [3.05, 3.63) is 44.9 Å². The summed E-state index contributed by atoms with van der Waals surface area (Å²) in [4.78, 5) is 10.7. The standard InChI is InChI=1S/C11H5Cl3O/c12-8-1-6-3-10(13)7(5-15)2-9(6)11(14)4-8/h1-5H. The van der Waals surface area contributed by atoms with Crippen LogP contribution in [0.15, 0.2) is 24.3 Å². The van der Waals surface area contributed by atoms with Gasteiger partial charge in [-0.25, -0.2) is 0 Å². The second kappa shape index (κ2) is 4.01. The topological polar surface area (TPSA) is 17.1 Å². The number of carbonyl (C=O) groups is 1. The maximum atomic E-state index is 10.7. The van der Waals surface area contributed by atoms with Crippen molar-refractivity contribution in [3.63, 3.8) is 0 Å². The van der Waals surface area contributed by atoms with Gasteiger partial charge in [-0.05, 0) is 29.7 Å². The summed E-state index contributed by atoms with van der Waals surface area (Å²) in [6.07, 6.45) is 0.701. The van der Waals surface area contributed by atoms with Crippen LogP contribution < -0.4 is 0 Å². The molecule has 0 spiro atoms. The minimum Gasteiger partial charge on any atom is -0.298 e. The highest BCUT2D eigenvalue weighted by atomic mass is 35.5. The van der Waals surface area contributed by atoms with Gasteiger partial charge in [0.15, 0.2) is 6.29 Å². The fourth-order valence-corrected chi connectivity index (χ4v) is 2.19. The molecule has 0 unspecified atom stereocenters. The molecule has 1 nitrogen and oxygen atoms in total. The molecular weight excluding hydrogens is 254 g/mol. The Labute approximate surface area is 102 Å². The molecule has 0 saturated heterocycles. The van der Waals surface area contributed by atoms with Gasteiger partial charge < -0.3 is 0 Å². The van der Waals surface area contributed by atoms with Crippen molar-refractivity contribution in [1.82, 2.24) is 0 Å². The lowest BCUT2D eigenvalue weighted by atomic mass is 10.1. The van der Waals surface area contributed by atoms with Gasteiger partial charge in [-0.3, -0.25) is 4.79 Å². The van der Waals surface area contributed by atoms with Gasteiger partial charge in [0.25, 0.3) is 0 Å². The summed E-state index contributed by atoms with van der Waals surface area (Å²) in [5.74, 6) is 0. The van der Waals surface area contributed by atoms with Crippen molar-refractivity contribution >= 4 is 51.9 Å². The van der Waals surface area contributed by atoms with E-state index in [9.17, 15) is 4.79 Å². The first kappa shape index (κ1) is 10.7. The van der Waals surface area contributed by atoms with E-state index in [0.29, 0.717) is 26.9 Å². The number of carbonyl (C=O) groups excluding carboxylic acids is 1. The summed E-state index contributed by atoms with van der Waals surface area (Å²) in [5, 5.41) is 3.05. The van der Waals surface area contributed by atoms with Gasteiger partial charge in [-0.2, -0.15) is 0 Å². The van der Waals surface area contributed by atoms with Gasteiger partial charge in [0.05, 0.1) is 5.02 Å². The molecule has 0 amide bonds. The Morgan fingerprint density at radius 3 is 2.33 bits per heavy atom. The van der Waals surface area contributed by atoms with E-state index in [1.807, 2.05) is 0 Å². The number of fused-ring (bicyclic) bond motifs is 1. The van der Waals surface area contributed by atoms with Gasteiger partial charge in [-0.15, -0.1) is 0 Å². The van der Waals surface area contributed by atoms with Crippen molar-refractivity contribution in [1.29, 1.82) is 0 Å². The third-order valence-electron chi connectivity index (χ3n) is 2.11. The minimum absolute atomic E-state index is 0.399. The second-order valence-electron chi connectivity index (χ2n) is 3.10. The summed E-state index contributed by atoms with van der Waals surface area (Å²) in [5.41, 5.74) is 0.424. The van der Waals surface area contributed by atoms with E-state index in [-0.39, 0.29) is 0 Å². The first-order valence-corrected chi connectivity index (χ1v) is 5.28. The van der Waals surface area contributed by atoms with Gasteiger partial charge in [0.1, 0.15) is 0 Å². The smallest absolute Gasteiger partial charge is 0.151 e. The van der Waals surface area contributed by atoms with Crippen molar-refractivity contribution in [2.75, 3.05) is 0 Å². The van der Waals surface area contributed by atoms with Crippen LogP contribution in [0.2, 0.25) is 15.1 Å². The number of benzene rings is 2. The summed E-state index contributed by atoms with van der Waals surface area (Å²) in [7, 11) is 0. The highest BCUT2D eigenvalue weighted by Gasteiger charge is 2.06. The molecule has 0 atom stereocenters. The van der Waals surface area contributed by atoms with Crippen LogP contribution in [0, 0.1) is 0 Å². The molecule has 4 heteroatoms. The molecular formula is C11H5Cl3O. The zero-order valence-electron chi connectivity index (χ0n) is 7.43. The molecule has 0 aliphatic heterocycles. The van der Waals surface area contributed by atoms with E-state index in [4.69, 9.17) is 34.8 Å². The van der Waals surface area contributed by atoms with Crippen LogP contribution in [0.3, 0.4) is 0 Å². The second-order valence-corrected chi connectivity index (χ2v) is 4.35. The van der Waals surface area contributed by atoms with Gasteiger partial charge >= 0.3 is 0 Å². The van der Waals surface area contributed by atoms with Crippen LogP contribution in [-0.4, -0.2) is 6.29 Å². The predicted octanol–water partition coefficient (Wildman–Crippen LogP) is 4.61. The number of rotatable bonds is 1. The molecule has 0 fully saturated rings. The Morgan fingerprint density at radius 2 is 1.67 bits per heavy atom. The molecule has 2 rings (SSSR count). The average Bonchev–Trinajstić information content (AvgIpc) is 2.16. The number of hydrogen-bond donors (Lipinski definition) is 0. The average molecular weight is 260 g/mol. The minimum atomic E-state index is 0.399. The highest BCUT2D eigenvalue weighted by molar-refractivity contribution is 6.39. The quantitative estimate of drug-likeness (QED) is 0.683. The van der Waals surface area contributed by atoms with Gasteiger partial charge in [0.2, 0.25) is 0 Å². The summed E-state index contributed by atoms with van der Waals surface area (Å²) in [6.45, 7) is 0. The SMILES string of the molecule is O=Cc1cc2c(Cl)cc(Cl)cc2cc1Cl. The third kappa shape index (κ3) is 1.96. The van der Waals surface area contributed by atoms with Crippen LogP contribution in [0.4, 0.5) is 0 Å². The molecule has 0 N–H and O–H groups in total. The van der Waals surface area contributed by atoms with Crippen molar-refractivity contribution in [3.8, 4) is 0 Å². The van der Waals surface area contributed by atoms with E-state index in [2.05, 4.69) is 0 Å². The van der Waals surface area contributed by atoms with E-state index < -0.39 is 0 Å². The molecule has 2 aromatic carbocycles. The van der Waals surface area contributed by atoms with Crippen molar-refractivity contribution < 1.29 is 4.79 Å². The molecule has 76 valence electrons. The molecule has 2 aromatic rings. The Bertz CT molecular complexity index is 549. The Kier molecular flexibility index (Phi) is 2.87. The molecule has 0 saturated carbocycles. The van der Waals surface area contributed by atoms with Crippen LogP contribution in [0.25, 0.3) is 10.8 Å².